The Morgan fingerprint density at radius 2 is 1.75 bits per heavy atom. The van der Waals surface area contributed by atoms with E-state index in [9.17, 15) is 4.79 Å². The summed E-state index contributed by atoms with van der Waals surface area (Å²) in [4.78, 5) is 12.0. The summed E-state index contributed by atoms with van der Waals surface area (Å²) in [5.74, 6) is 1.37. The number of ether oxygens (including phenoxy) is 2. The molecule has 0 saturated carbocycles. The van der Waals surface area contributed by atoms with Crippen molar-refractivity contribution < 1.29 is 14.3 Å². The van der Waals surface area contributed by atoms with Crippen LogP contribution in [0.3, 0.4) is 0 Å². The largest absolute Gasteiger partial charge is 0.497 e. The number of benzene rings is 2. The van der Waals surface area contributed by atoms with Gasteiger partial charge in [0.2, 0.25) is 0 Å². The predicted molar refractivity (Wildman–Crippen MR) is 110 cm³/mol. The van der Waals surface area contributed by atoms with Crippen molar-refractivity contribution in [2.75, 3.05) is 12.9 Å². The molecule has 0 fully saturated rings. The van der Waals surface area contributed by atoms with Crippen molar-refractivity contribution in [3.63, 3.8) is 0 Å². The SMILES string of the molecule is COc1ccc(-c2nnc(SCC(=O)OC(C)C)n2-c2ccc(C)cc2)cc1. The molecule has 1 aromatic heterocycles. The summed E-state index contributed by atoms with van der Waals surface area (Å²) in [5.41, 5.74) is 3.00. The van der Waals surface area contributed by atoms with E-state index < -0.39 is 0 Å². The van der Waals surface area contributed by atoms with Crippen molar-refractivity contribution in [1.82, 2.24) is 14.8 Å². The van der Waals surface area contributed by atoms with Gasteiger partial charge in [0.1, 0.15) is 5.75 Å². The number of hydrogen-bond acceptors (Lipinski definition) is 6. The lowest BCUT2D eigenvalue weighted by molar-refractivity contribution is -0.144. The molecule has 0 amide bonds. The molecular formula is C21H23N3O3S. The number of methoxy groups -OCH3 is 1. The molecule has 0 saturated heterocycles. The number of thioether (sulfide) groups is 1. The number of nitrogens with zero attached hydrogens (tertiary/aromatic N) is 3. The Morgan fingerprint density at radius 3 is 2.36 bits per heavy atom. The topological polar surface area (TPSA) is 66.2 Å². The van der Waals surface area contributed by atoms with E-state index in [1.165, 1.54) is 11.8 Å². The minimum Gasteiger partial charge on any atom is -0.497 e. The van der Waals surface area contributed by atoms with Crippen molar-refractivity contribution in [2.24, 2.45) is 0 Å². The molecule has 0 aliphatic rings. The summed E-state index contributed by atoms with van der Waals surface area (Å²) in [5, 5.41) is 9.34. The molecule has 1 heterocycles. The van der Waals surface area contributed by atoms with Gasteiger partial charge in [-0.25, -0.2) is 0 Å². The van der Waals surface area contributed by atoms with Crippen LogP contribution in [0.15, 0.2) is 53.7 Å². The van der Waals surface area contributed by atoms with E-state index in [0.29, 0.717) is 11.0 Å². The number of esters is 1. The van der Waals surface area contributed by atoms with Gasteiger partial charge in [0.05, 0.1) is 19.0 Å². The molecule has 0 unspecified atom stereocenters. The minimum atomic E-state index is -0.274. The summed E-state index contributed by atoms with van der Waals surface area (Å²) in [6.07, 6.45) is -0.141. The van der Waals surface area contributed by atoms with Gasteiger partial charge >= 0.3 is 5.97 Å². The third kappa shape index (κ3) is 4.72. The van der Waals surface area contributed by atoms with E-state index in [4.69, 9.17) is 9.47 Å². The number of hydrogen-bond donors (Lipinski definition) is 0. The van der Waals surface area contributed by atoms with Gasteiger partial charge in [-0.2, -0.15) is 0 Å². The fourth-order valence-electron chi connectivity index (χ4n) is 2.64. The van der Waals surface area contributed by atoms with Crippen LogP contribution < -0.4 is 4.74 Å². The highest BCUT2D eigenvalue weighted by atomic mass is 32.2. The smallest absolute Gasteiger partial charge is 0.316 e. The van der Waals surface area contributed by atoms with Crippen LogP contribution in [0, 0.1) is 6.92 Å². The maximum absolute atomic E-state index is 12.0. The first kappa shape index (κ1) is 19.9. The van der Waals surface area contributed by atoms with Crippen molar-refractivity contribution >= 4 is 17.7 Å². The summed E-state index contributed by atoms with van der Waals surface area (Å²) < 4.78 is 12.4. The highest BCUT2D eigenvalue weighted by Crippen LogP contribution is 2.29. The Bertz CT molecular complexity index is 935. The van der Waals surface area contributed by atoms with Gasteiger partial charge in [0.15, 0.2) is 11.0 Å². The normalized spacial score (nSPS) is 10.9. The lowest BCUT2D eigenvalue weighted by Crippen LogP contribution is -2.13. The van der Waals surface area contributed by atoms with Crippen molar-refractivity contribution in [3.05, 3.63) is 54.1 Å². The van der Waals surface area contributed by atoms with Crippen LogP contribution in [-0.2, 0) is 9.53 Å². The number of carbonyl (C=O) groups is 1. The van der Waals surface area contributed by atoms with Crippen LogP contribution in [0.2, 0.25) is 0 Å². The maximum atomic E-state index is 12.0. The van der Waals surface area contributed by atoms with Crippen LogP contribution >= 0.6 is 11.8 Å². The van der Waals surface area contributed by atoms with E-state index in [2.05, 4.69) is 10.2 Å². The first-order valence-electron chi connectivity index (χ1n) is 8.97. The summed E-state index contributed by atoms with van der Waals surface area (Å²) >= 11 is 1.31. The summed E-state index contributed by atoms with van der Waals surface area (Å²) in [7, 11) is 1.63. The van der Waals surface area contributed by atoms with Gasteiger partial charge in [-0.1, -0.05) is 29.5 Å². The van der Waals surface area contributed by atoms with Crippen LogP contribution in [0.25, 0.3) is 17.1 Å². The van der Waals surface area contributed by atoms with Crippen LogP contribution in [0.1, 0.15) is 19.4 Å². The molecule has 0 aliphatic heterocycles. The van der Waals surface area contributed by atoms with Crippen molar-refractivity contribution in [3.8, 4) is 22.8 Å². The maximum Gasteiger partial charge on any atom is 0.316 e. The van der Waals surface area contributed by atoms with Crippen LogP contribution in [-0.4, -0.2) is 39.7 Å². The van der Waals surface area contributed by atoms with Gasteiger partial charge in [0.25, 0.3) is 0 Å². The van der Waals surface area contributed by atoms with Crippen molar-refractivity contribution in [1.29, 1.82) is 0 Å². The highest BCUT2D eigenvalue weighted by molar-refractivity contribution is 7.99. The van der Waals surface area contributed by atoms with Crippen LogP contribution in [0.4, 0.5) is 0 Å². The molecule has 0 radical (unpaired) electrons. The molecule has 146 valence electrons. The molecule has 0 atom stereocenters. The number of carbonyl (C=O) groups excluding carboxylic acids is 1. The third-order valence-electron chi connectivity index (χ3n) is 3.96. The number of aryl methyl sites for hydroxylation is 1. The second-order valence-corrected chi connectivity index (χ2v) is 7.48. The lowest BCUT2D eigenvalue weighted by atomic mass is 10.2. The molecule has 0 aliphatic carbocycles. The Labute approximate surface area is 168 Å². The standard InChI is InChI=1S/C21H23N3O3S/c1-14(2)27-19(25)13-28-21-23-22-20(16-7-11-18(26-4)12-8-16)24(21)17-9-5-15(3)6-10-17/h5-12,14H,13H2,1-4H3. The van der Waals surface area contributed by atoms with E-state index in [-0.39, 0.29) is 17.8 Å². The Balaban J connectivity index is 1.96. The van der Waals surface area contributed by atoms with E-state index >= 15 is 0 Å². The molecule has 0 spiro atoms. The monoisotopic (exact) mass is 397 g/mol. The van der Waals surface area contributed by atoms with E-state index in [0.717, 1.165) is 22.6 Å². The molecule has 3 rings (SSSR count). The van der Waals surface area contributed by atoms with Gasteiger partial charge in [-0.15, -0.1) is 10.2 Å². The average Bonchev–Trinajstić information content (AvgIpc) is 3.10. The third-order valence-corrected chi connectivity index (χ3v) is 4.86. The van der Waals surface area contributed by atoms with E-state index in [1.54, 1.807) is 7.11 Å². The van der Waals surface area contributed by atoms with E-state index in [1.807, 2.05) is 73.9 Å². The molecule has 2 aromatic carbocycles. The Kier molecular flexibility index (Phi) is 6.36. The zero-order valence-electron chi connectivity index (χ0n) is 16.4. The van der Waals surface area contributed by atoms with Gasteiger partial charge in [-0.3, -0.25) is 9.36 Å². The lowest BCUT2D eigenvalue weighted by Gasteiger charge is -2.11. The minimum absolute atomic E-state index is 0.141. The average molecular weight is 398 g/mol. The summed E-state index contributed by atoms with van der Waals surface area (Å²) in [6.45, 7) is 5.70. The quantitative estimate of drug-likeness (QED) is 0.438. The number of rotatable bonds is 7. The molecular weight excluding hydrogens is 374 g/mol. The van der Waals surface area contributed by atoms with Crippen LogP contribution in [0.5, 0.6) is 5.75 Å². The predicted octanol–water partition coefficient (Wildman–Crippen LogP) is 4.30. The van der Waals surface area contributed by atoms with Gasteiger partial charge < -0.3 is 9.47 Å². The second kappa shape index (κ2) is 8.93. The molecule has 0 bridgehead atoms. The first-order chi connectivity index (χ1) is 13.5. The zero-order valence-corrected chi connectivity index (χ0v) is 17.2. The second-order valence-electron chi connectivity index (χ2n) is 6.53. The fraction of sp³-hybridized carbons (Fsp3) is 0.286. The van der Waals surface area contributed by atoms with Gasteiger partial charge in [0, 0.05) is 11.3 Å². The molecule has 7 heteroatoms. The molecule has 28 heavy (non-hydrogen) atoms. The Hall–Kier alpha value is -2.80. The number of aromatic nitrogens is 3. The fourth-order valence-corrected chi connectivity index (χ4v) is 3.37. The first-order valence-corrected chi connectivity index (χ1v) is 9.95. The molecule has 0 N–H and O–H groups in total. The molecule has 3 aromatic rings. The van der Waals surface area contributed by atoms with Crippen molar-refractivity contribution in [2.45, 2.75) is 32.0 Å². The summed E-state index contributed by atoms with van der Waals surface area (Å²) in [6, 6.07) is 15.8. The zero-order chi connectivity index (χ0) is 20.1. The highest BCUT2D eigenvalue weighted by Gasteiger charge is 2.18. The van der Waals surface area contributed by atoms with Gasteiger partial charge in [-0.05, 0) is 57.2 Å². The molecule has 6 nitrogen and oxygen atoms in total. The Morgan fingerprint density at radius 1 is 1.07 bits per heavy atom.